The minimum Gasteiger partial charge on any atom is -0.368 e. The van der Waals surface area contributed by atoms with Crippen molar-refractivity contribution in [1.82, 2.24) is 20.2 Å². The quantitative estimate of drug-likeness (QED) is 0.865. The van der Waals surface area contributed by atoms with Crippen LogP contribution in [0.25, 0.3) is 11.3 Å². The Labute approximate surface area is 136 Å². The molecule has 0 bridgehead atoms. The lowest BCUT2D eigenvalue weighted by Crippen LogP contribution is -2.44. The second kappa shape index (κ2) is 5.79. The summed E-state index contributed by atoms with van der Waals surface area (Å²) in [5.74, 6) is 1.27. The van der Waals surface area contributed by atoms with Crippen LogP contribution in [0.4, 0.5) is 11.8 Å². The van der Waals surface area contributed by atoms with Crippen molar-refractivity contribution in [2.75, 3.05) is 43.9 Å². The number of aromatic nitrogens is 2. The largest absolute Gasteiger partial charge is 0.368 e. The SMILES string of the molecule is CN1CCN(c2cc(-c3ccc4c(c3)CNC4)nc(N)n2)CC1. The van der Waals surface area contributed by atoms with E-state index < -0.39 is 0 Å². The number of hydrogen-bond donors (Lipinski definition) is 2. The van der Waals surface area contributed by atoms with Crippen LogP contribution in [0.1, 0.15) is 11.1 Å². The molecule has 1 fully saturated rings. The third-order valence-electron chi connectivity index (χ3n) is 4.69. The second-order valence-corrected chi connectivity index (χ2v) is 6.35. The molecule has 0 spiro atoms. The fourth-order valence-corrected chi connectivity index (χ4v) is 3.25. The summed E-state index contributed by atoms with van der Waals surface area (Å²) in [5, 5.41) is 3.37. The van der Waals surface area contributed by atoms with Crippen molar-refractivity contribution in [3.8, 4) is 11.3 Å². The average Bonchev–Trinajstić information content (AvgIpc) is 3.02. The number of likely N-dealkylation sites (N-methyl/N-ethyl adjacent to an activating group) is 1. The van der Waals surface area contributed by atoms with E-state index in [2.05, 4.69) is 56.4 Å². The molecule has 1 aromatic heterocycles. The topological polar surface area (TPSA) is 70.3 Å². The first-order valence-electron chi connectivity index (χ1n) is 8.10. The summed E-state index contributed by atoms with van der Waals surface area (Å²) < 4.78 is 0. The molecule has 0 saturated carbocycles. The van der Waals surface area contributed by atoms with Crippen molar-refractivity contribution in [3.63, 3.8) is 0 Å². The van der Waals surface area contributed by atoms with E-state index in [-0.39, 0.29) is 0 Å². The third kappa shape index (κ3) is 2.87. The molecule has 0 aliphatic carbocycles. The summed E-state index contributed by atoms with van der Waals surface area (Å²) in [6.45, 7) is 5.91. The number of fused-ring (bicyclic) bond motifs is 1. The van der Waals surface area contributed by atoms with Crippen LogP contribution in [0.15, 0.2) is 24.3 Å². The van der Waals surface area contributed by atoms with Crippen molar-refractivity contribution in [3.05, 3.63) is 35.4 Å². The molecule has 0 radical (unpaired) electrons. The summed E-state index contributed by atoms with van der Waals surface area (Å²) in [7, 11) is 2.15. The maximum absolute atomic E-state index is 5.97. The van der Waals surface area contributed by atoms with Gasteiger partial charge in [0, 0.05) is 50.9 Å². The highest BCUT2D eigenvalue weighted by Gasteiger charge is 2.18. The Balaban J connectivity index is 1.66. The first-order valence-corrected chi connectivity index (χ1v) is 8.10. The summed E-state index contributed by atoms with van der Waals surface area (Å²) in [6.07, 6.45) is 0. The van der Waals surface area contributed by atoms with E-state index in [4.69, 9.17) is 5.73 Å². The van der Waals surface area contributed by atoms with Gasteiger partial charge in [-0.2, -0.15) is 4.98 Å². The van der Waals surface area contributed by atoms with Crippen LogP contribution in [-0.4, -0.2) is 48.1 Å². The van der Waals surface area contributed by atoms with Gasteiger partial charge in [0.25, 0.3) is 0 Å². The highest BCUT2D eigenvalue weighted by Crippen LogP contribution is 2.27. The van der Waals surface area contributed by atoms with Gasteiger partial charge in [-0.05, 0) is 24.2 Å². The number of nitrogen functional groups attached to an aromatic ring is 1. The Morgan fingerprint density at radius 2 is 1.78 bits per heavy atom. The Bertz CT molecular complexity index is 721. The van der Waals surface area contributed by atoms with Crippen molar-refractivity contribution < 1.29 is 0 Å². The molecule has 23 heavy (non-hydrogen) atoms. The zero-order valence-electron chi connectivity index (χ0n) is 13.4. The van der Waals surface area contributed by atoms with E-state index in [9.17, 15) is 0 Å². The van der Waals surface area contributed by atoms with Gasteiger partial charge in [-0.1, -0.05) is 12.1 Å². The summed E-state index contributed by atoms with van der Waals surface area (Å²) in [6, 6.07) is 8.58. The minimum atomic E-state index is 0.343. The lowest BCUT2D eigenvalue weighted by Gasteiger charge is -2.33. The predicted molar refractivity (Wildman–Crippen MR) is 92.1 cm³/mol. The van der Waals surface area contributed by atoms with E-state index in [1.807, 2.05) is 0 Å². The normalized spacial score (nSPS) is 18.2. The van der Waals surface area contributed by atoms with Gasteiger partial charge in [-0.25, -0.2) is 4.98 Å². The number of rotatable bonds is 2. The summed E-state index contributed by atoms with van der Waals surface area (Å²) in [5.41, 5.74) is 10.7. The molecular formula is C17H22N6. The standard InChI is InChI=1S/C17H22N6/c1-22-4-6-23(7-5-22)16-9-15(20-17(18)21-16)12-2-3-13-10-19-11-14(13)8-12/h2-3,8-9,19H,4-7,10-11H2,1H3,(H2,18,20,21). The zero-order chi connectivity index (χ0) is 15.8. The van der Waals surface area contributed by atoms with E-state index in [0.717, 1.165) is 56.3 Å². The number of anilines is 2. The Kier molecular flexibility index (Phi) is 3.63. The molecular weight excluding hydrogens is 288 g/mol. The molecule has 1 saturated heterocycles. The summed E-state index contributed by atoms with van der Waals surface area (Å²) in [4.78, 5) is 13.5. The van der Waals surface area contributed by atoms with E-state index in [1.54, 1.807) is 0 Å². The molecule has 6 nitrogen and oxygen atoms in total. The van der Waals surface area contributed by atoms with Gasteiger partial charge in [-0.3, -0.25) is 0 Å². The van der Waals surface area contributed by atoms with Gasteiger partial charge in [0.15, 0.2) is 0 Å². The maximum atomic E-state index is 5.97. The van der Waals surface area contributed by atoms with Gasteiger partial charge in [0.1, 0.15) is 5.82 Å². The van der Waals surface area contributed by atoms with Crippen LogP contribution in [-0.2, 0) is 13.1 Å². The molecule has 0 atom stereocenters. The van der Waals surface area contributed by atoms with E-state index in [1.165, 1.54) is 11.1 Å². The number of nitrogens with zero attached hydrogens (tertiary/aromatic N) is 4. The molecule has 2 aliphatic heterocycles. The van der Waals surface area contributed by atoms with Crippen molar-refractivity contribution >= 4 is 11.8 Å². The first-order chi connectivity index (χ1) is 11.2. The molecule has 1 aromatic carbocycles. The third-order valence-corrected chi connectivity index (χ3v) is 4.69. The van der Waals surface area contributed by atoms with Gasteiger partial charge < -0.3 is 20.9 Å². The minimum absolute atomic E-state index is 0.343. The number of benzene rings is 1. The predicted octanol–water partition coefficient (Wildman–Crippen LogP) is 1.08. The van der Waals surface area contributed by atoms with E-state index >= 15 is 0 Å². The molecule has 120 valence electrons. The highest BCUT2D eigenvalue weighted by molar-refractivity contribution is 5.66. The number of piperazine rings is 1. The molecule has 6 heteroatoms. The molecule has 3 N–H and O–H groups in total. The van der Waals surface area contributed by atoms with Crippen LogP contribution in [0.5, 0.6) is 0 Å². The fraction of sp³-hybridized carbons (Fsp3) is 0.412. The number of hydrogen-bond acceptors (Lipinski definition) is 6. The molecule has 0 amide bonds. The van der Waals surface area contributed by atoms with Crippen LogP contribution in [0.2, 0.25) is 0 Å². The van der Waals surface area contributed by atoms with Crippen LogP contribution < -0.4 is 16.0 Å². The first kappa shape index (κ1) is 14.4. The summed E-state index contributed by atoms with van der Waals surface area (Å²) >= 11 is 0. The van der Waals surface area contributed by atoms with Crippen molar-refractivity contribution in [2.24, 2.45) is 0 Å². The van der Waals surface area contributed by atoms with Crippen molar-refractivity contribution in [1.29, 1.82) is 0 Å². The Morgan fingerprint density at radius 3 is 2.61 bits per heavy atom. The van der Waals surface area contributed by atoms with Gasteiger partial charge in [0.05, 0.1) is 5.69 Å². The van der Waals surface area contributed by atoms with Crippen LogP contribution in [0, 0.1) is 0 Å². The van der Waals surface area contributed by atoms with E-state index in [0.29, 0.717) is 5.95 Å². The van der Waals surface area contributed by atoms with Crippen LogP contribution >= 0.6 is 0 Å². The highest BCUT2D eigenvalue weighted by atomic mass is 15.3. The zero-order valence-corrected chi connectivity index (χ0v) is 13.4. The van der Waals surface area contributed by atoms with Gasteiger partial charge in [0.2, 0.25) is 5.95 Å². The molecule has 3 heterocycles. The Hall–Kier alpha value is -2.18. The Morgan fingerprint density at radius 1 is 1.00 bits per heavy atom. The lowest BCUT2D eigenvalue weighted by molar-refractivity contribution is 0.312. The molecule has 2 aromatic rings. The van der Waals surface area contributed by atoms with Crippen LogP contribution in [0.3, 0.4) is 0 Å². The second-order valence-electron chi connectivity index (χ2n) is 6.35. The number of nitrogens with one attached hydrogen (secondary N) is 1. The van der Waals surface area contributed by atoms with Crippen molar-refractivity contribution in [2.45, 2.75) is 13.1 Å². The lowest BCUT2D eigenvalue weighted by atomic mass is 10.0. The van der Waals surface area contributed by atoms with Gasteiger partial charge >= 0.3 is 0 Å². The molecule has 2 aliphatic rings. The molecule has 0 unspecified atom stereocenters. The monoisotopic (exact) mass is 310 g/mol. The maximum Gasteiger partial charge on any atom is 0.222 e. The fourth-order valence-electron chi connectivity index (χ4n) is 3.25. The average molecular weight is 310 g/mol. The number of nitrogens with two attached hydrogens (primary N) is 1. The smallest absolute Gasteiger partial charge is 0.222 e. The van der Waals surface area contributed by atoms with Gasteiger partial charge in [-0.15, -0.1) is 0 Å². The molecule has 4 rings (SSSR count).